The van der Waals surface area contributed by atoms with Crippen molar-refractivity contribution in [2.75, 3.05) is 0 Å². The van der Waals surface area contributed by atoms with Gasteiger partial charge in [-0.1, -0.05) is 36.4 Å². The quantitative estimate of drug-likeness (QED) is 0.750. The van der Waals surface area contributed by atoms with E-state index in [1.165, 1.54) is 34.7 Å². The van der Waals surface area contributed by atoms with Gasteiger partial charge >= 0.3 is 0 Å². The Bertz CT molecular complexity index is 783. The molecule has 0 atom stereocenters. The molecule has 4 rings (SSSR count). The number of hydrogen-bond donors (Lipinski definition) is 1. The van der Waals surface area contributed by atoms with Crippen LogP contribution in [0.4, 0.5) is 0 Å². The Kier molecular flexibility index (Phi) is 3.04. The number of benzene rings is 2. The number of aryl methyl sites for hydroxylation is 1. The second kappa shape index (κ2) is 5.05. The molecule has 3 aromatic rings. The Hall–Kier alpha value is -2.06. The minimum absolute atomic E-state index is 0.706. The monoisotopic (exact) mass is 277 g/mol. The molecule has 1 aliphatic rings. The van der Waals surface area contributed by atoms with Crippen molar-refractivity contribution in [2.24, 2.45) is 0 Å². The lowest BCUT2D eigenvalue weighted by molar-refractivity contribution is 0.492. The molecule has 1 saturated carbocycles. The molecule has 21 heavy (non-hydrogen) atoms. The molecule has 2 aromatic carbocycles. The number of rotatable bonds is 4. The third-order valence-electron chi connectivity index (χ3n) is 4.19. The molecule has 0 aliphatic heterocycles. The number of hydrogen-bond acceptors (Lipinski definition) is 2. The SMILES string of the molecule is Cc1ccc2ccccc2c1-c1ccc(CNC2CC2)o1. The summed E-state index contributed by atoms with van der Waals surface area (Å²) >= 11 is 0. The highest BCUT2D eigenvalue weighted by Gasteiger charge is 2.20. The highest BCUT2D eigenvalue weighted by Crippen LogP contribution is 2.33. The van der Waals surface area contributed by atoms with E-state index in [4.69, 9.17) is 4.42 Å². The first-order valence-corrected chi connectivity index (χ1v) is 7.62. The molecule has 1 fully saturated rings. The minimum Gasteiger partial charge on any atom is -0.460 e. The van der Waals surface area contributed by atoms with Crippen LogP contribution in [0, 0.1) is 6.92 Å². The summed E-state index contributed by atoms with van der Waals surface area (Å²) < 4.78 is 6.07. The van der Waals surface area contributed by atoms with E-state index >= 15 is 0 Å². The molecule has 1 heterocycles. The molecular weight excluding hydrogens is 258 g/mol. The van der Waals surface area contributed by atoms with Gasteiger partial charge in [-0.25, -0.2) is 0 Å². The maximum Gasteiger partial charge on any atom is 0.135 e. The molecule has 1 aromatic heterocycles. The standard InChI is InChI=1S/C19H19NO/c1-13-6-7-14-4-2-3-5-17(14)19(13)18-11-10-16(21-18)12-20-15-8-9-15/h2-7,10-11,15,20H,8-9,12H2,1H3. The van der Waals surface area contributed by atoms with Crippen LogP contribution < -0.4 is 5.32 Å². The molecular formula is C19H19NO. The fourth-order valence-corrected chi connectivity index (χ4v) is 2.85. The van der Waals surface area contributed by atoms with Crippen LogP contribution in [0.1, 0.15) is 24.2 Å². The molecule has 0 unspecified atom stereocenters. The van der Waals surface area contributed by atoms with Crippen LogP contribution >= 0.6 is 0 Å². The molecule has 2 heteroatoms. The Morgan fingerprint density at radius 2 is 1.90 bits per heavy atom. The lowest BCUT2D eigenvalue weighted by Crippen LogP contribution is -2.14. The maximum absolute atomic E-state index is 6.07. The van der Waals surface area contributed by atoms with Crippen LogP contribution in [0.3, 0.4) is 0 Å². The van der Waals surface area contributed by atoms with Crippen LogP contribution in [0.5, 0.6) is 0 Å². The van der Waals surface area contributed by atoms with E-state index in [0.29, 0.717) is 6.04 Å². The molecule has 0 spiro atoms. The van der Waals surface area contributed by atoms with Gasteiger partial charge in [0.2, 0.25) is 0 Å². The van der Waals surface area contributed by atoms with Crippen LogP contribution in [-0.4, -0.2) is 6.04 Å². The summed E-state index contributed by atoms with van der Waals surface area (Å²) in [5.74, 6) is 1.99. The van der Waals surface area contributed by atoms with Crippen molar-refractivity contribution in [3.05, 3.63) is 59.9 Å². The van der Waals surface area contributed by atoms with Gasteiger partial charge in [0.25, 0.3) is 0 Å². The second-order valence-electron chi connectivity index (χ2n) is 5.90. The van der Waals surface area contributed by atoms with Crippen molar-refractivity contribution >= 4 is 10.8 Å². The van der Waals surface area contributed by atoms with Gasteiger partial charge < -0.3 is 9.73 Å². The molecule has 0 radical (unpaired) electrons. The van der Waals surface area contributed by atoms with Crippen molar-refractivity contribution in [3.8, 4) is 11.3 Å². The molecule has 0 saturated heterocycles. The molecule has 2 nitrogen and oxygen atoms in total. The Labute approximate surface area is 124 Å². The average Bonchev–Trinajstić information content (AvgIpc) is 3.23. The largest absolute Gasteiger partial charge is 0.460 e. The predicted molar refractivity (Wildman–Crippen MR) is 86.2 cm³/mol. The first kappa shape index (κ1) is 12.7. The predicted octanol–water partition coefficient (Wildman–Crippen LogP) is 4.66. The van der Waals surface area contributed by atoms with Gasteiger partial charge in [0.1, 0.15) is 11.5 Å². The average molecular weight is 277 g/mol. The summed E-state index contributed by atoms with van der Waals surface area (Å²) in [7, 11) is 0. The summed E-state index contributed by atoms with van der Waals surface area (Å²) in [6, 6.07) is 17.7. The van der Waals surface area contributed by atoms with E-state index in [-0.39, 0.29) is 0 Å². The minimum atomic E-state index is 0.706. The number of nitrogens with one attached hydrogen (secondary N) is 1. The van der Waals surface area contributed by atoms with E-state index in [0.717, 1.165) is 18.1 Å². The van der Waals surface area contributed by atoms with E-state index in [9.17, 15) is 0 Å². The highest BCUT2D eigenvalue weighted by atomic mass is 16.3. The summed E-state index contributed by atoms with van der Waals surface area (Å²) in [4.78, 5) is 0. The highest BCUT2D eigenvalue weighted by molar-refractivity contribution is 5.97. The fraction of sp³-hybridized carbons (Fsp3) is 0.263. The van der Waals surface area contributed by atoms with Crippen LogP contribution in [-0.2, 0) is 6.54 Å². The number of fused-ring (bicyclic) bond motifs is 1. The van der Waals surface area contributed by atoms with Gasteiger partial charge in [-0.2, -0.15) is 0 Å². The first-order chi connectivity index (χ1) is 10.3. The summed E-state index contributed by atoms with van der Waals surface area (Å²) in [6.07, 6.45) is 2.60. The smallest absolute Gasteiger partial charge is 0.135 e. The van der Waals surface area contributed by atoms with Crippen LogP contribution in [0.25, 0.3) is 22.1 Å². The maximum atomic E-state index is 6.07. The topological polar surface area (TPSA) is 25.2 Å². The van der Waals surface area contributed by atoms with Gasteiger partial charge in [-0.3, -0.25) is 0 Å². The zero-order valence-corrected chi connectivity index (χ0v) is 12.2. The Morgan fingerprint density at radius 3 is 2.76 bits per heavy atom. The third-order valence-corrected chi connectivity index (χ3v) is 4.19. The third kappa shape index (κ3) is 2.47. The Morgan fingerprint density at radius 1 is 1.05 bits per heavy atom. The van der Waals surface area contributed by atoms with Gasteiger partial charge in [-0.05, 0) is 48.2 Å². The van der Waals surface area contributed by atoms with E-state index in [1.54, 1.807) is 0 Å². The van der Waals surface area contributed by atoms with Crippen LogP contribution in [0.15, 0.2) is 52.9 Å². The zero-order valence-electron chi connectivity index (χ0n) is 12.2. The molecule has 0 bridgehead atoms. The molecule has 0 amide bonds. The van der Waals surface area contributed by atoms with Gasteiger partial charge in [-0.15, -0.1) is 0 Å². The van der Waals surface area contributed by atoms with Crippen molar-refractivity contribution < 1.29 is 4.42 Å². The van der Waals surface area contributed by atoms with Crippen molar-refractivity contribution in [2.45, 2.75) is 32.4 Å². The van der Waals surface area contributed by atoms with E-state index in [1.807, 2.05) is 0 Å². The normalized spacial score (nSPS) is 14.7. The summed E-state index contributed by atoms with van der Waals surface area (Å²) in [5.41, 5.74) is 2.47. The van der Waals surface area contributed by atoms with Crippen LogP contribution in [0.2, 0.25) is 0 Å². The number of furan rings is 1. The van der Waals surface area contributed by atoms with Gasteiger partial charge in [0.05, 0.1) is 6.54 Å². The summed E-state index contributed by atoms with van der Waals surface area (Å²) in [6.45, 7) is 2.97. The van der Waals surface area contributed by atoms with Crippen molar-refractivity contribution in [1.82, 2.24) is 5.32 Å². The first-order valence-electron chi connectivity index (χ1n) is 7.62. The lowest BCUT2D eigenvalue weighted by Gasteiger charge is -2.08. The Balaban J connectivity index is 1.73. The lowest BCUT2D eigenvalue weighted by atomic mass is 9.98. The fourth-order valence-electron chi connectivity index (χ4n) is 2.85. The molecule has 1 aliphatic carbocycles. The van der Waals surface area contributed by atoms with Gasteiger partial charge in [0, 0.05) is 11.6 Å². The van der Waals surface area contributed by atoms with Crippen molar-refractivity contribution in [1.29, 1.82) is 0 Å². The summed E-state index contributed by atoms with van der Waals surface area (Å²) in [5, 5.41) is 6.01. The zero-order chi connectivity index (χ0) is 14.2. The molecule has 1 N–H and O–H groups in total. The molecule has 106 valence electrons. The van der Waals surface area contributed by atoms with Crippen molar-refractivity contribution in [3.63, 3.8) is 0 Å². The second-order valence-corrected chi connectivity index (χ2v) is 5.90. The van der Waals surface area contributed by atoms with Gasteiger partial charge in [0.15, 0.2) is 0 Å². The van der Waals surface area contributed by atoms with E-state index in [2.05, 4.69) is 60.8 Å². The van der Waals surface area contributed by atoms with E-state index < -0.39 is 0 Å².